The fraction of sp³-hybridized carbons (Fsp3) is 0.364. The molecule has 0 aliphatic carbocycles. The summed E-state index contributed by atoms with van der Waals surface area (Å²) in [5.74, 6) is 0.663. The molecule has 1 aliphatic rings. The average Bonchev–Trinajstić information content (AvgIpc) is 2.92. The maximum atomic E-state index is 12.9. The van der Waals surface area contributed by atoms with Crippen molar-refractivity contribution < 1.29 is 19.1 Å². The Morgan fingerprint density at radius 1 is 1.03 bits per heavy atom. The summed E-state index contributed by atoms with van der Waals surface area (Å²) in [6.45, 7) is 5.11. The molecule has 1 heterocycles. The van der Waals surface area contributed by atoms with E-state index >= 15 is 0 Å². The first-order valence-corrected chi connectivity index (χ1v) is 10.6. The van der Waals surface area contributed by atoms with E-state index in [2.05, 4.69) is 10.6 Å². The Kier molecular flexibility index (Phi) is 7.45. The van der Waals surface area contributed by atoms with Crippen LogP contribution in [0.5, 0.6) is 11.5 Å². The van der Waals surface area contributed by atoms with Gasteiger partial charge in [0.25, 0.3) is 5.91 Å². The van der Waals surface area contributed by atoms with Gasteiger partial charge in [-0.3, -0.25) is 9.59 Å². The molecule has 0 radical (unpaired) electrons. The smallest absolute Gasteiger partial charge is 0.253 e. The lowest BCUT2D eigenvalue weighted by atomic mass is 10.0. The van der Waals surface area contributed by atoms with Crippen LogP contribution >= 0.6 is 23.2 Å². The number of carbonyl (C=O) groups excluding carboxylic acids is 2. The highest BCUT2D eigenvalue weighted by Crippen LogP contribution is 2.32. The third-order valence-corrected chi connectivity index (χ3v) is 5.07. The number of hydrogen-bond acceptors (Lipinski definition) is 4. The van der Waals surface area contributed by atoms with Crippen LogP contribution in [0.3, 0.4) is 0 Å². The van der Waals surface area contributed by atoms with E-state index in [4.69, 9.17) is 32.7 Å². The van der Waals surface area contributed by atoms with Crippen LogP contribution in [0.2, 0.25) is 10.0 Å². The van der Waals surface area contributed by atoms with Crippen molar-refractivity contribution in [2.24, 2.45) is 5.92 Å². The fourth-order valence-electron chi connectivity index (χ4n) is 3.08. The van der Waals surface area contributed by atoms with Crippen LogP contribution in [-0.2, 0) is 4.79 Å². The van der Waals surface area contributed by atoms with Gasteiger partial charge in [-0.15, -0.1) is 0 Å². The third kappa shape index (κ3) is 5.80. The molecule has 1 aliphatic heterocycles. The maximum absolute atomic E-state index is 12.9. The molecular formula is C22H24Cl2N2O4. The van der Waals surface area contributed by atoms with Crippen molar-refractivity contribution in [2.45, 2.75) is 32.7 Å². The Morgan fingerprint density at radius 2 is 1.77 bits per heavy atom. The lowest BCUT2D eigenvalue weighted by Gasteiger charge is -2.21. The van der Waals surface area contributed by atoms with Gasteiger partial charge >= 0.3 is 0 Å². The predicted molar refractivity (Wildman–Crippen MR) is 118 cm³/mol. The minimum Gasteiger partial charge on any atom is -0.490 e. The molecule has 0 saturated carbocycles. The first-order chi connectivity index (χ1) is 14.3. The number of carbonyl (C=O) groups is 2. The van der Waals surface area contributed by atoms with Gasteiger partial charge < -0.3 is 20.1 Å². The molecule has 2 N–H and O–H groups in total. The first kappa shape index (κ1) is 22.2. The van der Waals surface area contributed by atoms with Gasteiger partial charge in [-0.25, -0.2) is 0 Å². The molecular weight excluding hydrogens is 427 g/mol. The molecule has 2 aromatic carbocycles. The molecule has 2 aromatic rings. The number of hydrogen-bond donors (Lipinski definition) is 2. The molecule has 30 heavy (non-hydrogen) atoms. The van der Waals surface area contributed by atoms with E-state index in [0.29, 0.717) is 41.8 Å². The largest absolute Gasteiger partial charge is 0.490 e. The second-order valence-electron chi connectivity index (χ2n) is 7.48. The van der Waals surface area contributed by atoms with Gasteiger partial charge in [0.05, 0.1) is 23.8 Å². The van der Waals surface area contributed by atoms with Gasteiger partial charge in [0.1, 0.15) is 6.04 Å². The van der Waals surface area contributed by atoms with Crippen molar-refractivity contribution in [1.82, 2.24) is 5.32 Å². The predicted octanol–water partition coefficient (Wildman–Crippen LogP) is 4.94. The first-order valence-electron chi connectivity index (χ1n) is 9.80. The zero-order valence-electron chi connectivity index (χ0n) is 16.8. The Morgan fingerprint density at radius 3 is 2.47 bits per heavy atom. The maximum Gasteiger partial charge on any atom is 0.253 e. The van der Waals surface area contributed by atoms with Crippen LogP contribution in [-0.4, -0.2) is 31.1 Å². The van der Waals surface area contributed by atoms with E-state index in [1.165, 1.54) is 12.1 Å². The Balaban J connectivity index is 1.74. The SMILES string of the molecule is CC(C)CC(NC(=O)c1ccc(Cl)cc1Cl)C(=O)Nc1ccc2c(c1)OCCCO2. The molecule has 0 aromatic heterocycles. The van der Waals surface area contributed by atoms with Crippen molar-refractivity contribution in [3.8, 4) is 11.5 Å². The normalized spacial score (nSPS) is 14.0. The van der Waals surface area contributed by atoms with Crippen molar-refractivity contribution >= 4 is 40.7 Å². The fourth-order valence-corrected chi connectivity index (χ4v) is 3.58. The van der Waals surface area contributed by atoms with Gasteiger partial charge in [0, 0.05) is 23.2 Å². The number of ether oxygens (including phenoxy) is 2. The van der Waals surface area contributed by atoms with Crippen molar-refractivity contribution in [2.75, 3.05) is 18.5 Å². The van der Waals surface area contributed by atoms with Gasteiger partial charge in [-0.05, 0) is 42.7 Å². The van der Waals surface area contributed by atoms with E-state index in [-0.39, 0.29) is 22.4 Å². The molecule has 3 rings (SSSR count). The van der Waals surface area contributed by atoms with Crippen molar-refractivity contribution in [3.05, 3.63) is 52.0 Å². The standard InChI is InChI=1S/C22H24Cl2N2O4/c1-13(2)10-18(26-21(27)16-6-4-14(23)11-17(16)24)22(28)25-15-5-7-19-20(12-15)30-9-3-8-29-19/h4-7,11-13,18H,3,8-10H2,1-2H3,(H,25,28)(H,26,27). The lowest BCUT2D eigenvalue weighted by Crippen LogP contribution is -2.44. The Bertz CT molecular complexity index is 933. The number of rotatable bonds is 6. The lowest BCUT2D eigenvalue weighted by molar-refractivity contribution is -0.118. The van der Waals surface area contributed by atoms with Crippen LogP contribution in [0.25, 0.3) is 0 Å². The van der Waals surface area contributed by atoms with Gasteiger partial charge in [-0.2, -0.15) is 0 Å². The van der Waals surface area contributed by atoms with Crippen LogP contribution < -0.4 is 20.1 Å². The summed E-state index contributed by atoms with van der Waals surface area (Å²) in [6, 6.07) is 9.11. The summed E-state index contributed by atoms with van der Waals surface area (Å²) < 4.78 is 11.3. The molecule has 6 nitrogen and oxygen atoms in total. The van der Waals surface area contributed by atoms with Crippen LogP contribution in [0.1, 0.15) is 37.0 Å². The Hall–Kier alpha value is -2.44. The van der Waals surface area contributed by atoms with Crippen LogP contribution in [0, 0.1) is 5.92 Å². The number of benzene rings is 2. The van der Waals surface area contributed by atoms with Gasteiger partial charge in [0.15, 0.2) is 11.5 Å². The van der Waals surface area contributed by atoms with Crippen LogP contribution in [0.15, 0.2) is 36.4 Å². The Labute approximate surface area is 185 Å². The molecule has 0 fully saturated rings. The summed E-state index contributed by atoms with van der Waals surface area (Å²) in [6.07, 6.45) is 1.26. The van der Waals surface area contributed by atoms with E-state index in [1.54, 1.807) is 24.3 Å². The van der Waals surface area contributed by atoms with E-state index in [9.17, 15) is 9.59 Å². The van der Waals surface area contributed by atoms with Crippen LogP contribution in [0.4, 0.5) is 5.69 Å². The number of halogens is 2. The second kappa shape index (κ2) is 10.0. The highest BCUT2D eigenvalue weighted by atomic mass is 35.5. The summed E-state index contributed by atoms with van der Waals surface area (Å²) in [5, 5.41) is 6.30. The van der Waals surface area contributed by atoms with Gasteiger partial charge in [-0.1, -0.05) is 37.0 Å². The molecule has 1 unspecified atom stereocenters. The molecule has 1 atom stereocenters. The highest BCUT2D eigenvalue weighted by Gasteiger charge is 2.24. The number of fused-ring (bicyclic) bond motifs is 1. The molecule has 0 saturated heterocycles. The summed E-state index contributed by atoms with van der Waals surface area (Å²) >= 11 is 12.0. The number of nitrogens with one attached hydrogen (secondary N) is 2. The quantitative estimate of drug-likeness (QED) is 0.653. The van der Waals surface area contributed by atoms with Gasteiger partial charge in [0.2, 0.25) is 5.91 Å². The zero-order valence-corrected chi connectivity index (χ0v) is 18.3. The monoisotopic (exact) mass is 450 g/mol. The van der Waals surface area contributed by atoms with Crippen molar-refractivity contribution in [1.29, 1.82) is 0 Å². The number of amides is 2. The molecule has 0 bridgehead atoms. The van der Waals surface area contributed by atoms with Crippen molar-refractivity contribution in [3.63, 3.8) is 0 Å². The number of anilines is 1. The third-order valence-electron chi connectivity index (χ3n) is 4.52. The molecule has 160 valence electrons. The topological polar surface area (TPSA) is 76.7 Å². The molecule has 8 heteroatoms. The van der Waals surface area contributed by atoms with E-state index < -0.39 is 11.9 Å². The molecule has 0 spiro atoms. The summed E-state index contributed by atoms with van der Waals surface area (Å²) in [4.78, 5) is 25.6. The highest BCUT2D eigenvalue weighted by molar-refractivity contribution is 6.36. The van der Waals surface area contributed by atoms with E-state index in [1.807, 2.05) is 13.8 Å². The minimum absolute atomic E-state index is 0.186. The second-order valence-corrected chi connectivity index (χ2v) is 8.32. The average molecular weight is 451 g/mol. The van der Waals surface area contributed by atoms with E-state index in [0.717, 1.165) is 6.42 Å². The summed E-state index contributed by atoms with van der Waals surface area (Å²) in [5.41, 5.74) is 0.829. The molecule has 2 amide bonds. The zero-order chi connectivity index (χ0) is 21.7. The minimum atomic E-state index is -0.736. The summed E-state index contributed by atoms with van der Waals surface area (Å²) in [7, 11) is 0.